The maximum atomic E-state index is 13.5. The molecule has 5 aromatic rings. The van der Waals surface area contributed by atoms with Crippen molar-refractivity contribution >= 4 is 11.9 Å². The smallest absolute Gasteiger partial charge is 0.328 e. The van der Waals surface area contributed by atoms with Gasteiger partial charge in [-0.25, -0.2) is 19.7 Å². The first-order valence-corrected chi connectivity index (χ1v) is 18.6. The Morgan fingerprint density at radius 3 is 2.11 bits per heavy atom. The first kappa shape index (κ1) is 39.4. The van der Waals surface area contributed by atoms with E-state index in [9.17, 15) is 14.7 Å². The van der Waals surface area contributed by atoms with E-state index in [1.807, 2.05) is 73.1 Å². The Morgan fingerprint density at radius 2 is 1.50 bits per heavy atom. The average Bonchev–Trinajstić information content (AvgIpc) is 3.69. The summed E-state index contributed by atoms with van der Waals surface area (Å²) >= 11 is 0. The second kappa shape index (κ2) is 18.8. The van der Waals surface area contributed by atoms with Crippen molar-refractivity contribution < 1.29 is 19.4 Å². The Kier molecular flexibility index (Phi) is 13.7. The van der Waals surface area contributed by atoms with Crippen molar-refractivity contribution in [3.8, 4) is 28.3 Å². The molecule has 0 aliphatic heterocycles. The number of nitrogens with one attached hydrogen (secondary N) is 2. The molecule has 1 amide bonds. The molecule has 0 saturated carbocycles. The van der Waals surface area contributed by atoms with E-state index in [1.165, 1.54) is 43.0 Å². The third-order valence-corrected chi connectivity index (χ3v) is 9.24. The van der Waals surface area contributed by atoms with Crippen LogP contribution in [0.2, 0.25) is 0 Å². The Balaban J connectivity index is 1.25. The molecule has 11 heteroatoms. The van der Waals surface area contributed by atoms with Crippen molar-refractivity contribution in [2.45, 2.75) is 90.3 Å². The molecule has 3 N–H and O–H groups in total. The van der Waals surface area contributed by atoms with Crippen molar-refractivity contribution in [2.75, 3.05) is 6.61 Å². The summed E-state index contributed by atoms with van der Waals surface area (Å²) in [5, 5.41) is 20.1. The number of carbonyl (C=O) groups excluding carboxylic acids is 1. The fourth-order valence-corrected chi connectivity index (χ4v) is 5.94. The highest BCUT2D eigenvalue weighted by molar-refractivity contribution is 5.94. The third-order valence-electron chi connectivity index (χ3n) is 9.24. The van der Waals surface area contributed by atoms with Crippen LogP contribution in [0.25, 0.3) is 22.5 Å². The molecule has 5 rings (SSSR count). The lowest BCUT2D eigenvalue weighted by molar-refractivity contribution is -0.139. The summed E-state index contributed by atoms with van der Waals surface area (Å²) in [5.74, 6) is 0.0627. The van der Waals surface area contributed by atoms with Gasteiger partial charge in [-0.1, -0.05) is 108 Å². The summed E-state index contributed by atoms with van der Waals surface area (Å²) in [6, 6.07) is 21.6. The Hall–Kier alpha value is -5.84. The molecule has 1 unspecified atom stereocenters. The van der Waals surface area contributed by atoms with Crippen LogP contribution >= 0.6 is 0 Å². The summed E-state index contributed by atoms with van der Waals surface area (Å²) in [5.41, 5.74) is 5.55. The van der Waals surface area contributed by atoms with E-state index in [0.717, 1.165) is 46.6 Å². The van der Waals surface area contributed by atoms with Gasteiger partial charge in [0.2, 0.25) is 0 Å². The number of hydrogen-bond donors (Lipinski definition) is 3. The monoisotopic (exact) mass is 729 g/mol. The highest BCUT2D eigenvalue weighted by Gasteiger charge is 2.25. The zero-order valence-corrected chi connectivity index (χ0v) is 31.7. The first-order chi connectivity index (χ1) is 26.0. The van der Waals surface area contributed by atoms with Gasteiger partial charge in [-0.15, -0.1) is 0 Å². The molecule has 0 radical (unpaired) electrons. The van der Waals surface area contributed by atoms with Crippen molar-refractivity contribution in [1.29, 1.82) is 0 Å². The van der Waals surface area contributed by atoms with Gasteiger partial charge in [0.1, 0.15) is 24.4 Å². The standard InChI is InChI=1S/C43H51N7O4/c1-6-7-8-9-10-23-54-37-21-17-32(18-22-37)35-25-45-40(46-26-35)33-13-11-31(12-14-33)24-38(30(2)48-39(42(52)53)27-50-29-44-28-47-50)49-41(51)34-15-19-36(20-16-34)43(3,4)5/h11-22,25-26,28-29,38-39,48H,2,6-10,23-24,27H2,1,3-5H3,(H,49,51)(H,52,53)/t38-,39?/m0/s1. The molecule has 54 heavy (non-hydrogen) atoms. The number of amides is 1. The Labute approximate surface area is 318 Å². The van der Waals surface area contributed by atoms with Crippen molar-refractivity contribution in [3.63, 3.8) is 0 Å². The molecule has 0 saturated heterocycles. The summed E-state index contributed by atoms with van der Waals surface area (Å²) < 4.78 is 7.34. The van der Waals surface area contributed by atoms with E-state index in [-0.39, 0.29) is 17.9 Å². The van der Waals surface area contributed by atoms with E-state index in [1.54, 1.807) is 12.1 Å². The highest BCUT2D eigenvalue weighted by atomic mass is 16.5. The summed E-state index contributed by atoms with van der Waals surface area (Å²) in [7, 11) is 0. The number of hydrogen-bond acceptors (Lipinski definition) is 8. The Morgan fingerprint density at radius 1 is 0.833 bits per heavy atom. The number of ether oxygens (including phenoxy) is 1. The number of carbonyl (C=O) groups is 2. The molecule has 2 heterocycles. The number of carboxylic acids is 1. The molecule has 2 atom stereocenters. The van der Waals surface area contributed by atoms with Crippen molar-refractivity contribution in [3.05, 3.63) is 127 Å². The van der Waals surface area contributed by atoms with Gasteiger partial charge >= 0.3 is 5.97 Å². The molecule has 0 aliphatic rings. The highest BCUT2D eigenvalue weighted by Crippen LogP contribution is 2.25. The van der Waals surface area contributed by atoms with Crippen molar-refractivity contribution in [1.82, 2.24) is 35.4 Å². The van der Waals surface area contributed by atoms with Gasteiger partial charge in [-0.2, -0.15) is 5.10 Å². The summed E-state index contributed by atoms with van der Waals surface area (Å²) in [6.07, 6.45) is 12.8. The summed E-state index contributed by atoms with van der Waals surface area (Å²) in [6.45, 7) is 13.5. The first-order valence-electron chi connectivity index (χ1n) is 18.6. The minimum Gasteiger partial charge on any atom is -0.494 e. The van der Waals surface area contributed by atoms with Crippen LogP contribution in [0.3, 0.4) is 0 Å². The van der Waals surface area contributed by atoms with Crippen LogP contribution < -0.4 is 15.4 Å². The average molecular weight is 730 g/mol. The number of aromatic nitrogens is 5. The van der Waals surface area contributed by atoms with Crippen LogP contribution in [0, 0.1) is 0 Å². The predicted molar refractivity (Wildman–Crippen MR) is 211 cm³/mol. The largest absolute Gasteiger partial charge is 0.494 e. The number of benzene rings is 3. The van der Waals surface area contributed by atoms with Crippen LogP contribution in [0.4, 0.5) is 0 Å². The molecule has 0 spiro atoms. The lowest BCUT2D eigenvalue weighted by Crippen LogP contribution is -2.47. The zero-order chi connectivity index (χ0) is 38.5. The number of aliphatic carboxylic acids is 1. The van der Waals surface area contributed by atoms with Gasteiger partial charge < -0.3 is 20.5 Å². The van der Waals surface area contributed by atoms with E-state index in [4.69, 9.17) is 4.74 Å². The summed E-state index contributed by atoms with van der Waals surface area (Å²) in [4.78, 5) is 38.9. The molecular formula is C43H51N7O4. The quantitative estimate of drug-likeness (QED) is 0.0731. The normalized spacial score (nSPS) is 12.4. The van der Waals surface area contributed by atoms with Crippen LogP contribution in [0.1, 0.15) is 81.3 Å². The number of unbranched alkanes of at least 4 members (excludes halogenated alkanes) is 4. The van der Waals surface area contributed by atoms with E-state index in [0.29, 0.717) is 23.5 Å². The second-order valence-electron chi connectivity index (χ2n) is 14.5. The predicted octanol–water partition coefficient (Wildman–Crippen LogP) is 7.65. The zero-order valence-electron chi connectivity index (χ0n) is 31.7. The molecule has 3 aromatic carbocycles. The fourth-order valence-electron chi connectivity index (χ4n) is 5.94. The molecule has 0 fully saturated rings. The SMILES string of the molecule is C=C(NC(Cn1cncn1)C(=O)O)[C@H](Cc1ccc(-c2ncc(-c3ccc(OCCCCCCC)cc3)cn2)cc1)NC(=O)c1ccc(C(C)(C)C)cc1. The van der Waals surface area contributed by atoms with Crippen LogP contribution in [-0.2, 0) is 23.2 Å². The molecule has 282 valence electrons. The van der Waals surface area contributed by atoms with Crippen LogP contribution in [0.15, 0.2) is 110 Å². The molecule has 0 bridgehead atoms. The van der Waals surface area contributed by atoms with E-state index >= 15 is 0 Å². The molecule has 11 nitrogen and oxygen atoms in total. The maximum absolute atomic E-state index is 13.5. The molecule has 2 aromatic heterocycles. The topological polar surface area (TPSA) is 144 Å². The second-order valence-corrected chi connectivity index (χ2v) is 14.5. The maximum Gasteiger partial charge on any atom is 0.328 e. The van der Waals surface area contributed by atoms with Gasteiger partial charge in [0, 0.05) is 34.8 Å². The van der Waals surface area contributed by atoms with Gasteiger partial charge in [-0.3, -0.25) is 9.48 Å². The van der Waals surface area contributed by atoms with Crippen LogP contribution in [-0.4, -0.2) is 60.4 Å². The number of nitrogens with zero attached hydrogens (tertiary/aromatic N) is 5. The third kappa shape index (κ3) is 11.3. The number of carboxylic acid groups (broad SMARTS) is 1. The van der Waals surface area contributed by atoms with E-state index in [2.05, 4.69) is 65.0 Å². The van der Waals surface area contributed by atoms with Gasteiger partial charge in [-0.05, 0) is 59.2 Å². The molecule has 0 aliphatic carbocycles. The van der Waals surface area contributed by atoms with Gasteiger partial charge in [0.15, 0.2) is 5.82 Å². The van der Waals surface area contributed by atoms with E-state index < -0.39 is 18.1 Å². The Bertz CT molecular complexity index is 1940. The minimum atomic E-state index is -1.08. The van der Waals surface area contributed by atoms with Gasteiger partial charge in [0.25, 0.3) is 5.91 Å². The van der Waals surface area contributed by atoms with Crippen LogP contribution in [0.5, 0.6) is 5.75 Å². The lowest BCUT2D eigenvalue weighted by atomic mass is 9.86. The lowest BCUT2D eigenvalue weighted by Gasteiger charge is -2.26. The van der Waals surface area contributed by atoms with Crippen molar-refractivity contribution in [2.24, 2.45) is 0 Å². The molecular weight excluding hydrogens is 679 g/mol. The minimum absolute atomic E-state index is 0.0236. The van der Waals surface area contributed by atoms with Gasteiger partial charge in [0.05, 0.1) is 19.2 Å². The number of rotatable bonds is 19. The fraction of sp³-hybridized carbons (Fsp3) is 0.349.